The van der Waals surface area contributed by atoms with E-state index in [2.05, 4.69) is 53.2 Å². The SMILES string of the molecule is CCC(C)[C@@H]1NC(=O)[C@@H](CCCNC(=O)OCc2ccccc2)NC(=O)[C@H](CC(C)C)NC(=O)[C@H]([C@H](O)C(C)C)NC(=O)[C@@H](N)[C@@H](c2ccccc2)NC(=O)C(CO)NC(=O)[C@H](CO)NC(=O)CNC(=O)[C@H]([C@H](C)O)NC1=O. The lowest BCUT2D eigenvalue weighted by Gasteiger charge is -2.32. The minimum atomic E-state index is -1.80. The van der Waals surface area contributed by atoms with Gasteiger partial charge in [-0.1, -0.05) is 109 Å². The maximum absolute atomic E-state index is 14.5. The topological polar surface area (TPSA) is 407 Å². The molecule has 0 spiro atoms. The molecule has 26 heteroatoms. The maximum atomic E-state index is 14.5. The number of aliphatic hydroxyl groups excluding tert-OH is 4. The molecule has 2 aromatic rings. The molecule has 1 fully saturated rings. The molecule has 0 radical (unpaired) electrons. The molecule has 0 aliphatic carbocycles. The maximum Gasteiger partial charge on any atom is 0.407 e. The lowest BCUT2D eigenvalue weighted by Crippen LogP contribution is -2.63. The molecule has 0 saturated carbocycles. The number of amides is 10. The van der Waals surface area contributed by atoms with Crippen molar-refractivity contribution < 1.29 is 73.1 Å². The first kappa shape index (κ1) is 65.0. The van der Waals surface area contributed by atoms with Crippen molar-refractivity contribution >= 4 is 59.3 Å². The fraction of sp³-hybridized carbons (Fsp3) is 0.577. The van der Waals surface area contributed by atoms with E-state index in [9.17, 15) is 68.4 Å². The molecule has 12 atom stereocenters. The van der Waals surface area contributed by atoms with Gasteiger partial charge in [0.2, 0.25) is 53.2 Å². The molecule has 432 valence electrons. The fourth-order valence-electron chi connectivity index (χ4n) is 7.95. The van der Waals surface area contributed by atoms with E-state index in [0.717, 1.165) is 5.56 Å². The van der Waals surface area contributed by atoms with E-state index in [-0.39, 0.29) is 50.3 Å². The summed E-state index contributed by atoms with van der Waals surface area (Å²) >= 11 is 0. The zero-order valence-corrected chi connectivity index (χ0v) is 45.1. The molecule has 2 aromatic carbocycles. The largest absolute Gasteiger partial charge is 0.445 e. The average molecular weight is 1100 g/mol. The second-order valence-electron chi connectivity index (χ2n) is 19.9. The van der Waals surface area contributed by atoms with Crippen LogP contribution in [0.25, 0.3) is 0 Å². The Morgan fingerprint density at radius 1 is 0.628 bits per heavy atom. The van der Waals surface area contributed by atoms with Crippen LogP contribution in [0.1, 0.15) is 91.3 Å². The lowest BCUT2D eigenvalue weighted by atomic mass is 9.95. The number of hydrogen-bond donors (Lipinski definition) is 15. The summed E-state index contributed by atoms with van der Waals surface area (Å²) < 4.78 is 5.29. The Hall–Kier alpha value is -7.26. The molecule has 1 aliphatic heterocycles. The number of benzene rings is 2. The first-order valence-corrected chi connectivity index (χ1v) is 25.9. The van der Waals surface area contributed by atoms with Crippen molar-refractivity contribution in [3.05, 3.63) is 71.8 Å². The molecule has 1 saturated heterocycles. The minimum Gasteiger partial charge on any atom is -0.445 e. The molecule has 3 rings (SSSR count). The quantitative estimate of drug-likeness (QED) is 0.0740. The molecule has 0 aromatic heterocycles. The van der Waals surface area contributed by atoms with Gasteiger partial charge in [0.1, 0.15) is 54.9 Å². The minimum absolute atomic E-state index is 0.0302. The highest BCUT2D eigenvalue weighted by atomic mass is 16.5. The van der Waals surface area contributed by atoms with Gasteiger partial charge >= 0.3 is 6.09 Å². The van der Waals surface area contributed by atoms with Crippen LogP contribution in [-0.2, 0) is 54.5 Å². The third kappa shape index (κ3) is 20.6. The van der Waals surface area contributed by atoms with Gasteiger partial charge in [0, 0.05) is 6.54 Å². The van der Waals surface area contributed by atoms with E-state index < -0.39 is 157 Å². The molecule has 1 aliphatic rings. The Kier molecular flexibility index (Phi) is 27.1. The standard InChI is InChI=1S/C52H79N11O15/c1-8-29(6)39-50(75)61-40(30(7)66)49(74)55-23-37(67)56-35(24-64)46(71)59-36(25-65)47(72)62-41(32-18-13-10-14-19-32)38(53)48(73)63-42(43(68)28(4)5)51(76)58-34(22-27(2)3)45(70)57-33(44(69)60-39)20-15-21-54-52(77)78-26-31-16-11-9-12-17-31/h9-14,16-19,27-30,33-36,38-43,64-66,68H,8,15,20-26,53H2,1-7H3,(H,54,77)(H,55,74)(H,56,67)(H,57,70)(H,58,76)(H,59,71)(H,60,69)(H,61,75)(H,62,72)(H,63,73)/t29?,30-,33+,34-,35-,36?,38-,39-,40-,41+,42-,43+/m0/s1. The highest BCUT2D eigenvalue weighted by Gasteiger charge is 2.39. The van der Waals surface area contributed by atoms with E-state index in [0.29, 0.717) is 0 Å². The van der Waals surface area contributed by atoms with Crippen LogP contribution in [0.3, 0.4) is 0 Å². The van der Waals surface area contributed by atoms with Gasteiger partial charge in [-0.25, -0.2) is 4.79 Å². The number of nitrogens with one attached hydrogen (secondary N) is 10. The second-order valence-corrected chi connectivity index (χ2v) is 19.9. The van der Waals surface area contributed by atoms with Crippen LogP contribution in [0.2, 0.25) is 0 Å². The Morgan fingerprint density at radius 3 is 1.72 bits per heavy atom. The monoisotopic (exact) mass is 1100 g/mol. The lowest BCUT2D eigenvalue weighted by molar-refractivity contribution is -0.138. The summed E-state index contributed by atoms with van der Waals surface area (Å²) in [5, 5.41) is 66.9. The van der Waals surface area contributed by atoms with Gasteiger partial charge in [0.15, 0.2) is 0 Å². The van der Waals surface area contributed by atoms with Crippen LogP contribution >= 0.6 is 0 Å². The van der Waals surface area contributed by atoms with Crippen molar-refractivity contribution in [2.24, 2.45) is 23.5 Å². The van der Waals surface area contributed by atoms with Crippen molar-refractivity contribution in [3.8, 4) is 0 Å². The summed E-state index contributed by atoms with van der Waals surface area (Å²) in [4.78, 5) is 138. The Balaban J connectivity index is 2.13. The van der Waals surface area contributed by atoms with Crippen LogP contribution in [-0.4, -0.2) is 167 Å². The predicted molar refractivity (Wildman–Crippen MR) is 281 cm³/mol. The first-order chi connectivity index (χ1) is 36.9. The zero-order chi connectivity index (χ0) is 58.2. The van der Waals surface area contributed by atoms with Crippen molar-refractivity contribution in [2.75, 3.05) is 26.3 Å². The Bertz CT molecular complexity index is 2330. The summed E-state index contributed by atoms with van der Waals surface area (Å²) in [5.41, 5.74) is 7.49. The van der Waals surface area contributed by atoms with Crippen LogP contribution < -0.4 is 58.9 Å². The molecule has 16 N–H and O–H groups in total. The van der Waals surface area contributed by atoms with Gasteiger partial charge in [-0.3, -0.25) is 43.2 Å². The van der Waals surface area contributed by atoms with Crippen molar-refractivity contribution in [2.45, 2.75) is 147 Å². The fourth-order valence-corrected chi connectivity index (χ4v) is 7.95. The van der Waals surface area contributed by atoms with Crippen LogP contribution in [0, 0.1) is 17.8 Å². The molecule has 2 unspecified atom stereocenters. The molecule has 26 nitrogen and oxygen atoms in total. The van der Waals surface area contributed by atoms with Gasteiger partial charge in [-0.05, 0) is 55.1 Å². The summed E-state index contributed by atoms with van der Waals surface area (Å²) in [7, 11) is 0. The number of alkyl carbamates (subject to hydrolysis) is 1. The molecule has 10 amide bonds. The number of carbonyl (C=O) groups excluding carboxylic acids is 10. The van der Waals surface area contributed by atoms with Gasteiger partial charge in [-0.15, -0.1) is 0 Å². The molecular weight excluding hydrogens is 1020 g/mol. The zero-order valence-electron chi connectivity index (χ0n) is 45.1. The molecular formula is C52H79N11O15. The molecule has 0 bridgehead atoms. The van der Waals surface area contributed by atoms with Gasteiger partial charge in [0.25, 0.3) is 0 Å². The van der Waals surface area contributed by atoms with Gasteiger partial charge in [0.05, 0.1) is 38.0 Å². The van der Waals surface area contributed by atoms with E-state index in [1.165, 1.54) is 19.1 Å². The normalized spacial score (nSPS) is 25.4. The van der Waals surface area contributed by atoms with E-state index in [1.807, 2.05) is 0 Å². The number of ether oxygens (including phenoxy) is 1. The van der Waals surface area contributed by atoms with E-state index in [4.69, 9.17) is 10.5 Å². The van der Waals surface area contributed by atoms with Crippen molar-refractivity contribution in [3.63, 3.8) is 0 Å². The number of hydrogen-bond acceptors (Lipinski definition) is 16. The summed E-state index contributed by atoms with van der Waals surface area (Å²) in [5.74, 6) is -11.0. The van der Waals surface area contributed by atoms with Crippen LogP contribution in [0.5, 0.6) is 0 Å². The van der Waals surface area contributed by atoms with E-state index in [1.54, 1.807) is 90.1 Å². The number of carbonyl (C=O) groups is 10. The van der Waals surface area contributed by atoms with Crippen LogP contribution in [0.15, 0.2) is 60.7 Å². The average Bonchev–Trinajstić information content (AvgIpc) is 3.42. The Morgan fingerprint density at radius 2 is 1.14 bits per heavy atom. The predicted octanol–water partition coefficient (Wildman–Crippen LogP) is -3.12. The molecule has 1 heterocycles. The number of aliphatic hydroxyl groups is 4. The summed E-state index contributed by atoms with van der Waals surface area (Å²) in [6.07, 6.45) is -3.88. The Labute approximate surface area is 453 Å². The van der Waals surface area contributed by atoms with Crippen molar-refractivity contribution in [1.82, 2.24) is 53.2 Å². The second kappa shape index (κ2) is 32.5. The van der Waals surface area contributed by atoms with Gasteiger partial charge < -0.3 is 84.1 Å². The smallest absolute Gasteiger partial charge is 0.407 e. The van der Waals surface area contributed by atoms with Crippen LogP contribution in [0.4, 0.5) is 4.79 Å². The highest BCUT2D eigenvalue weighted by molar-refractivity contribution is 5.98. The first-order valence-electron chi connectivity index (χ1n) is 25.9. The van der Waals surface area contributed by atoms with Crippen molar-refractivity contribution in [1.29, 1.82) is 0 Å². The summed E-state index contributed by atoms with van der Waals surface area (Å²) in [6.45, 7) is 8.04. The molecule has 78 heavy (non-hydrogen) atoms. The highest BCUT2D eigenvalue weighted by Crippen LogP contribution is 2.19. The third-order valence-corrected chi connectivity index (χ3v) is 12.8. The van der Waals surface area contributed by atoms with E-state index >= 15 is 0 Å². The summed E-state index contributed by atoms with van der Waals surface area (Å²) in [6, 6.07) is 2.02. The van der Waals surface area contributed by atoms with Gasteiger partial charge in [-0.2, -0.15) is 0 Å². The third-order valence-electron chi connectivity index (χ3n) is 12.8. The number of rotatable bonds is 16. The number of nitrogens with two attached hydrogens (primary N) is 1.